The lowest BCUT2D eigenvalue weighted by atomic mass is 10.1. The molecule has 0 spiro atoms. The molecule has 2 heterocycles. The standard InChI is InChI=1S/C23H20ClN3O4/c1-29-16-5-3-4-14(10-16)13-27-22(28)19(26-23(27)25)12-17-7-9-20(31-17)15-6-8-21(30-2)18(24)11-15/h3-12H,13H2,1-2H3,(H2,25,26)/b19-12+. The molecule has 158 valence electrons. The predicted octanol–water partition coefficient (Wildman–Crippen LogP) is 4.32. The number of halogens is 1. The largest absolute Gasteiger partial charge is 0.497 e. The highest BCUT2D eigenvalue weighted by Crippen LogP contribution is 2.31. The summed E-state index contributed by atoms with van der Waals surface area (Å²) in [7, 11) is 3.15. The van der Waals surface area contributed by atoms with Gasteiger partial charge >= 0.3 is 0 Å². The summed E-state index contributed by atoms with van der Waals surface area (Å²) in [4.78, 5) is 18.4. The fraction of sp³-hybridized carbons (Fsp3) is 0.130. The molecule has 1 aliphatic rings. The molecule has 3 aromatic rings. The maximum absolute atomic E-state index is 12.8. The van der Waals surface area contributed by atoms with Crippen LogP contribution in [0.4, 0.5) is 0 Å². The van der Waals surface area contributed by atoms with Crippen LogP contribution < -0.4 is 15.2 Å². The van der Waals surface area contributed by atoms with Gasteiger partial charge in [-0.05, 0) is 48.0 Å². The number of rotatable bonds is 6. The minimum absolute atomic E-state index is 0.132. The van der Waals surface area contributed by atoms with Crippen molar-refractivity contribution in [3.8, 4) is 22.8 Å². The Morgan fingerprint density at radius 1 is 1.13 bits per heavy atom. The molecule has 0 atom stereocenters. The first-order chi connectivity index (χ1) is 15.0. The summed E-state index contributed by atoms with van der Waals surface area (Å²) < 4.78 is 16.3. The van der Waals surface area contributed by atoms with E-state index in [0.717, 1.165) is 11.1 Å². The van der Waals surface area contributed by atoms with Crippen molar-refractivity contribution in [3.63, 3.8) is 0 Å². The molecule has 0 bridgehead atoms. The smallest absolute Gasteiger partial charge is 0.279 e. The van der Waals surface area contributed by atoms with Gasteiger partial charge in [0.25, 0.3) is 5.91 Å². The van der Waals surface area contributed by atoms with Gasteiger partial charge in [0.1, 0.15) is 28.7 Å². The molecule has 2 aromatic carbocycles. The van der Waals surface area contributed by atoms with E-state index in [0.29, 0.717) is 28.0 Å². The number of furan rings is 1. The second-order valence-corrected chi connectivity index (χ2v) is 7.20. The number of ether oxygens (including phenoxy) is 2. The monoisotopic (exact) mass is 437 g/mol. The molecule has 2 N–H and O–H groups in total. The Morgan fingerprint density at radius 3 is 2.71 bits per heavy atom. The van der Waals surface area contributed by atoms with Crippen molar-refractivity contribution in [3.05, 3.63) is 76.6 Å². The third-order valence-electron chi connectivity index (χ3n) is 4.79. The lowest BCUT2D eigenvalue weighted by molar-refractivity contribution is -0.123. The summed E-state index contributed by atoms with van der Waals surface area (Å²) in [5.41, 5.74) is 7.87. The number of carbonyl (C=O) groups is 1. The van der Waals surface area contributed by atoms with E-state index in [4.69, 9.17) is 31.2 Å². The SMILES string of the molecule is COc1cccc(CN2C(=O)/C(=C\c3ccc(-c4ccc(OC)c(Cl)c4)o3)N=C2N)c1. The molecule has 0 saturated heterocycles. The molecule has 7 nitrogen and oxygen atoms in total. The van der Waals surface area contributed by atoms with Gasteiger partial charge in [-0.15, -0.1) is 0 Å². The zero-order chi connectivity index (χ0) is 22.0. The average Bonchev–Trinajstić information content (AvgIpc) is 3.34. The Balaban J connectivity index is 1.53. The van der Waals surface area contributed by atoms with Gasteiger partial charge in [0.15, 0.2) is 0 Å². The highest BCUT2D eigenvalue weighted by atomic mass is 35.5. The van der Waals surface area contributed by atoms with Crippen LogP contribution in [0.3, 0.4) is 0 Å². The molecule has 1 aliphatic heterocycles. The second kappa shape index (κ2) is 8.57. The summed E-state index contributed by atoms with van der Waals surface area (Å²) in [5, 5.41) is 0.479. The maximum Gasteiger partial charge on any atom is 0.279 e. The Kier molecular flexibility index (Phi) is 5.68. The Hall–Kier alpha value is -3.71. The van der Waals surface area contributed by atoms with E-state index in [-0.39, 0.29) is 24.1 Å². The minimum Gasteiger partial charge on any atom is -0.497 e. The van der Waals surface area contributed by atoms with E-state index >= 15 is 0 Å². The molecule has 0 radical (unpaired) electrons. The van der Waals surface area contributed by atoms with Crippen LogP contribution >= 0.6 is 11.6 Å². The van der Waals surface area contributed by atoms with Crippen molar-refractivity contribution in [2.75, 3.05) is 14.2 Å². The Morgan fingerprint density at radius 2 is 1.97 bits per heavy atom. The third-order valence-corrected chi connectivity index (χ3v) is 5.09. The van der Waals surface area contributed by atoms with Crippen LogP contribution in [0, 0.1) is 0 Å². The van der Waals surface area contributed by atoms with Crippen LogP contribution in [-0.4, -0.2) is 31.0 Å². The lowest BCUT2D eigenvalue weighted by Crippen LogP contribution is -2.36. The Bertz CT molecular complexity index is 1200. The number of hydrogen-bond acceptors (Lipinski definition) is 6. The number of carbonyl (C=O) groups excluding carboxylic acids is 1. The molecule has 8 heteroatoms. The van der Waals surface area contributed by atoms with Gasteiger partial charge in [0.05, 0.1) is 25.8 Å². The molecule has 1 aromatic heterocycles. The van der Waals surface area contributed by atoms with E-state index in [9.17, 15) is 4.79 Å². The molecule has 31 heavy (non-hydrogen) atoms. The minimum atomic E-state index is -0.300. The number of nitrogens with two attached hydrogens (primary N) is 1. The zero-order valence-electron chi connectivity index (χ0n) is 17.0. The van der Waals surface area contributed by atoms with Crippen LogP contribution in [0.1, 0.15) is 11.3 Å². The summed E-state index contributed by atoms with van der Waals surface area (Å²) in [6.45, 7) is 0.288. The Labute approximate surface area is 184 Å². The predicted molar refractivity (Wildman–Crippen MR) is 119 cm³/mol. The molecular formula is C23H20ClN3O4. The molecule has 1 amide bonds. The first kappa shape index (κ1) is 20.6. The van der Waals surface area contributed by atoms with E-state index in [1.54, 1.807) is 44.6 Å². The van der Waals surface area contributed by atoms with Crippen molar-refractivity contribution in [1.82, 2.24) is 4.90 Å². The van der Waals surface area contributed by atoms with Crippen LogP contribution in [0.25, 0.3) is 17.4 Å². The summed E-state index contributed by atoms with van der Waals surface area (Å²) in [5.74, 6) is 2.20. The summed E-state index contributed by atoms with van der Waals surface area (Å²) >= 11 is 6.19. The molecule has 4 rings (SSSR count). The number of hydrogen-bond donors (Lipinski definition) is 1. The highest BCUT2D eigenvalue weighted by molar-refractivity contribution is 6.32. The molecule has 0 saturated carbocycles. The fourth-order valence-corrected chi connectivity index (χ4v) is 3.47. The van der Waals surface area contributed by atoms with Gasteiger partial charge in [-0.2, -0.15) is 0 Å². The fourth-order valence-electron chi connectivity index (χ4n) is 3.21. The van der Waals surface area contributed by atoms with Crippen LogP contribution in [0.15, 0.2) is 69.7 Å². The van der Waals surface area contributed by atoms with E-state index in [1.807, 2.05) is 30.3 Å². The van der Waals surface area contributed by atoms with Gasteiger partial charge in [-0.25, -0.2) is 4.99 Å². The van der Waals surface area contributed by atoms with Crippen LogP contribution in [-0.2, 0) is 11.3 Å². The van der Waals surface area contributed by atoms with Gasteiger partial charge in [-0.1, -0.05) is 23.7 Å². The van der Waals surface area contributed by atoms with Gasteiger partial charge in [0, 0.05) is 11.6 Å². The van der Waals surface area contributed by atoms with Crippen molar-refractivity contribution >= 4 is 29.5 Å². The number of guanidine groups is 1. The van der Waals surface area contributed by atoms with Crippen molar-refractivity contribution in [1.29, 1.82) is 0 Å². The number of nitrogens with zero attached hydrogens (tertiary/aromatic N) is 2. The molecular weight excluding hydrogens is 418 g/mol. The number of benzene rings is 2. The van der Waals surface area contributed by atoms with Crippen molar-refractivity contribution < 1.29 is 18.7 Å². The highest BCUT2D eigenvalue weighted by Gasteiger charge is 2.29. The molecule has 0 unspecified atom stereocenters. The van der Waals surface area contributed by atoms with E-state index in [1.165, 1.54) is 4.90 Å². The summed E-state index contributed by atoms with van der Waals surface area (Å²) in [6, 6.07) is 16.3. The van der Waals surface area contributed by atoms with Crippen LogP contribution in [0.2, 0.25) is 5.02 Å². The quantitative estimate of drug-likeness (QED) is 0.580. The van der Waals surface area contributed by atoms with Gasteiger partial charge in [0.2, 0.25) is 5.96 Å². The number of amides is 1. The number of methoxy groups -OCH3 is 2. The van der Waals surface area contributed by atoms with Gasteiger partial charge < -0.3 is 19.6 Å². The topological polar surface area (TPSA) is 90.3 Å². The number of aliphatic imine (C=N–C) groups is 1. The molecule has 0 fully saturated rings. The maximum atomic E-state index is 12.8. The lowest BCUT2D eigenvalue weighted by Gasteiger charge is -2.15. The zero-order valence-corrected chi connectivity index (χ0v) is 17.7. The first-order valence-corrected chi connectivity index (χ1v) is 9.80. The molecule has 0 aliphatic carbocycles. The van der Waals surface area contributed by atoms with E-state index in [2.05, 4.69) is 4.99 Å². The van der Waals surface area contributed by atoms with Gasteiger partial charge in [-0.3, -0.25) is 9.69 Å². The van der Waals surface area contributed by atoms with E-state index < -0.39 is 0 Å². The first-order valence-electron chi connectivity index (χ1n) is 9.43. The second-order valence-electron chi connectivity index (χ2n) is 6.79. The normalized spacial score (nSPS) is 14.8. The third kappa shape index (κ3) is 4.27. The average molecular weight is 438 g/mol. The van der Waals surface area contributed by atoms with Crippen molar-refractivity contribution in [2.24, 2.45) is 10.7 Å². The summed E-state index contributed by atoms with van der Waals surface area (Å²) in [6.07, 6.45) is 1.56. The van der Waals surface area contributed by atoms with Crippen LogP contribution in [0.5, 0.6) is 11.5 Å². The van der Waals surface area contributed by atoms with Crippen molar-refractivity contribution in [2.45, 2.75) is 6.54 Å².